The molecule has 1 amide bonds. The van der Waals surface area contributed by atoms with Crippen molar-refractivity contribution >= 4 is 17.5 Å². The van der Waals surface area contributed by atoms with Crippen LogP contribution in [0, 0.1) is 0 Å². The summed E-state index contributed by atoms with van der Waals surface area (Å²) in [5.74, 6) is 0.189. The van der Waals surface area contributed by atoms with Gasteiger partial charge in [-0.1, -0.05) is 24.6 Å². The van der Waals surface area contributed by atoms with Crippen molar-refractivity contribution in [2.45, 2.75) is 26.3 Å². The number of amides is 1. The molecule has 18 heavy (non-hydrogen) atoms. The number of halogens is 1. The molecule has 5 heteroatoms. The summed E-state index contributed by atoms with van der Waals surface area (Å²) < 4.78 is 5.39. The molecule has 1 aromatic rings. The Kier molecular flexibility index (Phi) is 5.95. The summed E-state index contributed by atoms with van der Waals surface area (Å²) in [6.07, 6.45) is 0.186. The van der Waals surface area contributed by atoms with Gasteiger partial charge in [-0.2, -0.15) is 0 Å². The highest BCUT2D eigenvalue weighted by molar-refractivity contribution is 6.32. The Bertz CT molecular complexity index is 410. The minimum atomic E-state index is -0.386. The fourth-order valence-electron chi connectivity index (χ4n) is 1.59. The second-order valence-corrected chi connectivity index (χ2v) is 4.44. The third-order valence-electron chi connectivity index (χ3n) is 2.57. The number of hydrogen-bond acceptors (Lipinski definition) is 3. The Balaban J connectivity index is 2.64. The number of carbonyl (C=O) groups is 1. The first kappa shape index (κ1) is 14.8. The molecule has 0 heterocycles. The molecule has 0 aromatic heterocycles. The predicted octanol–water partition coefficient (Wildman–Crippen LogP) is 2.26. The SMILES string of the molecule is CCNC(C)c1ccc(OCCC(N)=O)c(Cl)c1. The second kappa shape index (κ2) is 7.24. The quantitative estimate of drug-likeness (QED) is 0.799. The van der Waals surface area contributed by atoms with Crippen LogP contribution in [0.15, 0.2) is 18.2 Å². The molecule has 1 rings (SSSR count). The molecule has 0 aliphatic heterocycles. The maximum absolute atomic E-state index is 10.6. The highest BCUT2D eigenvalue weighted by atomic mass is 35.5. The van der Waals surface area contributed by atoms with E-state index in [9.17, 15) is 4.79 Å². The van der Waals surface area contributed by atoms with Gasteiger partial charge in [0.15, 0.2) is 0 Å². The van der Waals surface area contributed by atoms with Crippen LogP contribution in [-0.2, 0) is 4.79 Å². The molecule has 0 fully saturated rings. The first-order valence-corrected chi connectivity index (χ1v) is 6.36. The van der Waals surface area contributed by atoms with Crippen LogP contribution in [0.25, 0.3) is 0 Å². The van der Waals surface area contributed by atoms with E-state index in [0.717, 1.165) is 12.1 Å². The van der Waals surface area contributed by atoms with E-state index in [0.29, 0.717) is 10.8 Å². The highest BCUT2D eigenvalue weighted by Crippen LogP contribution is 2.27. The minimum Gasteiger partial charge on any atom is -0.491 e. The topological polar surface area (TPSA) is 64.3 Å². The van der Waals surface area contributed by atoms with Gasteiger partial charge in [0.25, 0.3) is 0 Å². The summed E-state index contributed by atoms with van der Waals surface area (Å²) >= 11 is 6.12. The predicted molar refractivity (Wildman–Crippen MR) is 72.9 cm³/mol. The normalized spacial score (nSPS) is 12.2. The van der Waals surface area contributed by atoms with Crippen LogP contribution in [0.4, 0.5) is 0 Å². The Morgan fingerprint density at radius 3 is 2.83 bits per heavy atom. The van der Waals surface area contributed by atoms with Gasteiger partial charge in [-0.05, 0) is 31.2 Å². The van der Waals surface area contributed by atoms with Gasteiger partial charge in [-0.3, -0.25) is 4.79 Å². The molecule has 0 radical (unpaired) electrons. The molecule has 100 valence electrons. The molecule has 0 spiro atoms. The Hall–Kier alpha value is -1.26. The largest absolute Gasteiger partial charge is 0.491 e. The second-order valence-electron chi connectivity index (χ2n) is 4.03. The van der Waals surface area contributed by atoms with Gasteiger partial charge in [-0.25, -0.2) is 0 Å². The van der Waals surface area contributed by atoms with Crippen molar-refractivity contribution < 1.29 is 9.53 Å². The number of ether oxygens (including phenoxy) is 1. The average Bonchev–Trinajstić information content (AvgIpc) is 2.31. The zero-order valence-electron chi connectivity index (χ0n) is 10.7. The van der Waals surface area contributed by atoms with Gasteiger partial charge in [0, 0.05) is 6.04 Å². The third-order valence-corrected chi connectivity index (χ3v) is 2.87. The first-order valence-electron chi connectivity index (χ1n) is 5.98. The Labute approximate surface area is 112 Å². The lowest BCUT2D eigenvalue weighted by Gasteiger charge is -2.14. The number of benzene rings is 1. The number of carbonyl (C=O) groups excluding carboxylic acids is 1. The third kappa shape index (κ3) is 4.55. The van der Waals surface area contributed by atoms with Crippen molar-refractivity contribution in [3.8, 4) is 5.75 Å². The molecule has 1 aromatic carbocycles. The standard InChI is InChI=1S/C13H19ClN2O2/c1-3-16-9(2)10-4-5-12(11(14)8-10)18-7-6-13(15)17/h4-5,8-9,16H,3,6-7H2,1-2H3,(H2,15,17). The van der Waals surface area contributed by atoms with Crippen molar-refractivity contribution in [3.05, 3.63) is 28.8 Å². The smallest absolute Gasteiger partial charge is 0.220 e. The van der Waals surface area contributed by atoms with E-state index in [2.05, 4.69) is 19.2 Å². The van der Waals surface area contributed by atoms with E-state index in [1.807, 2.05) is 18.2 Å². The van der Waals surface area contributed by atoms with Crippen molar-refractivity contribution in [2.75, 3.05) is 13.2 Å². The van der Waals surface area contributed by atoms with Crippen molar-refractivity contribution in [2.24, 2.45) is 5.73 Å². The zero-order valence-corrected chi connectivity index (χ0v) is 11.5. The summed E-state index contributed by atoms with van der Waals surface area (Å²) in [7, 11) is 0. The maximum Gasteiger partial charge on any atom is 0.220 e. The van der Waals surface area contributed by atoms with Crippen molar-refractivity contribution in [3.63, 3.8) is 0 Å². The molecule has 4 nitrogen and oxygen atoms in total. The lowest BCUT2D eigenvalue weighted by molar-refractivity contribution is -0.118. The Morgan fingerprint density at radius 2 is 2.28 bits per heavy atom. The van der Waals surface area contributed by atoms with Crippen LogP contribution >= 0.6 is 11.6 Å². The molecule has 0 saturated heterocycles. The molecule has 3 N–H and O–H groups in total. The van der Waals surface area contributed by atoms with Crippen LogP contribution in [0.1, 0.15) is 31.9 Å². The summed E-state index contributed by atoms with van der Waals surface area (Å²) in [6, 6.07) is 5.88. The van der Waals surface area contributed by atoms with Gasteiger partial charge in [0.05, 0.1) is 18.1 Å². The molecule has 1 atom stereocenters. The van der Waals surface area contributed by atoms with Crippen LogP contribution in [0.3, 0.4) is 0 Å². The van der Waals surface area contributed by atoms with E-state index < -0.39 is 0 Å². The summed E-state index contributed by atoms with van der Waals surface area (Å²) in [5, 5.41) is 3.85. The number of hydrogen-bond donors (Lipinski definition) is 2. The van der Waals surface area contributed by atoms with Crippen LogP contribution in [-0.4, -0.2) is 19.1 Å². The Morgan fingerprint density at radius 1 is 1.56 bits per heavy atom. The number of primary amides is 1. The number of nitrogens with one attached hydrogen (secondary N) is 1. The minimum absolute atomic E-state index is 0.186. The van der Waals surface area contributed by atoms with Crippen molar-refractivity contribution in [1.29, 1.82) is 0 Å². The molecule has 1 unspecified atom stereocenters. The van der Waals surface area contributed by atoms with Crippen LogP contribution in [0.2, 0.25) is 5.02 Å². The van der Waals surface area contributed by atoms with Crippen LogP contribution in [0.5, 0.6) is 5.75 Å². The van der Waals surface area contributed by atoms with E-state index in [-0.39, 0.29) is 25.0 Å². The van der Waals surface area contributed by atoms with Crippen molar-refractivity contribution in [1.82, 2.24) is 5.32 Å². The summed E-state index contributed by atoms with van der Waals surface area (Å²) in [4.78, 5) is 10.6. The van der Waals surface area contributed by atoms with Gasteiger partial charge in [-0.15, -0.1) is 0 Å². The fourth-order valence-corrected chi connectivity index (χ4v) is 1.83. The van der Waals surface area contributed by atoms with E-state index in [4.69, 9.17) is 22.1 Å². The molecule has 0 aliphatic carbocycles. The maximum atomic E-state index is 10.6. The molecular weight excluding hydrogens is 252 g/mol. The van der Waals surface area contributed by atoms with E-state index >= 15 is 0 Å². The molecule has 0 aliphatic rings. The van der Waals surface area contributed by atoms with Gasteiger partial charge in [0.2, 0.25) is 5.91 Å². The molecule has 0 bridgehead atoms. The monoisotopic (exact) mass is 270 g/mol. The van der Waals surface area contributed by atoms with Gasteiger partial charge in [0.1, 0.15) is 5.75 Å². The van der Waals surface area contributed by atoms with Gasteiger partial charge < -0.3 is 15.8 Å². The molecular formula is C13H19ClN2O2. The summed E-state index contributed by atoms with van der Waals surface area (Å²) in [6.45, 7) is 5.27. The fraction of sp³-hybridized carbons (Fsp3) is 0.462. The van der Waals surface area contributed by atoms with E-state index in [1.54, 1.807) is 0 Å². The first-order chi connectivity index (χ1) is 8.54. The number of nitrogens with two attached hydrogens (primary N) is 1. The summed E-state index contributed by atoms with van der Waals surface area (Å²) in [5.41, 5.74) is 6.13. The lowest BCUT2D eigenvalue weighted by Crippen LogP contribution is -2.17. The zero-order chi connectivity index (χ0) is 13.5. The lowest BCUT2D eigenvalue weighted by atomic mass is 10.1. The highest BCUT2D eigenvalue weighted by Gasteiger charge is 2.08. The van der Waals surface area contributed by atoms with Gasteiger partial charge >= 0.3 is 0 Å². The molecule has 0 saturated carbocycles. The average molecular weight is 271 g/mol. The number of rotatable bonds is 7. The van der Waals surface area contributed by atoms with E-state index in [1.165, 1.54) is 0 Å². The van der Waals surface area contributed by atoms with Crippen LogP contribution < -0.4 is 15.8 Å².